The zero-order valence-electron chi connectivity index (χ0n) is 15.4. The molecule has 0 aliphatic rings. The summed E-state index contributed by atoms with van der Waals surface area (Å²) < 4.78 is 8.94. The van der Waals surface area contributed by atoms with E-state index in [1.165, 1.54) is 10.8 Å². The summed E-state index contributed by atoms with van der Waals surface area (Å²) >= 11 is 6.02. The number of aromatic nitrogens is 5. The minimum atomic E-state index is -1.18. The first kappa shape index (κ1) is 18.1. The fraction of sp³-hybridized carbons (Fsp3) is 0.0476. The molecule has 2 aromatic carbocycles. The monoisotopic (exact) mass is 419 g/mol. The molecule has 0 atom stereocenters. The Balaban J connectivity index is 1.78. The number of nitrogens with zero attached hydrogens (tertiary/aromatic N) is 5. The van der Waals surface area contributed by atoms with Crippen molar-refractivity contribution in [2.75, 3.05) is 0 Å². The second kappa shape index (κ2) is 7.16. The second-order valence-electron chi connectivity index (χ2n) is 6.55. The Kier molecular flexibility index (Phi) is 4.33. The summed E-state index contributed by atoms with van der Waals surface area (Å²) in [6.45, 7) is 0.183. The van der Waals surface area contributed by atoms with Crippen LogP contribution in [0.15, 0.2) is 67.1 Å². The summed E-state index contributed by atoms with van der Waals surface area (Å²) in [5.74, 6) is -1.02. The van der Waals surface area contributed by atoms with Gasteiger partial charge in [0.1, 0.15) is 18.5 Å². The Morgan fingerprint density at radius 2 is 1.83 bits per heavy atom. The maximum atomic E-state index is 12.2. The van der Waals surface area contributed by atoms with Crippen molar-refractivity contribution in [1.82, 2.24) is 24.4 Å². The van der Waals surface area contributed by atoms with E-state index in [0.717, 1.165) is 5.56 Å². The molecular formula is C21H14ClN5O3. The highest BCUT2D eigenvalue weighted by Crippen LogP contribution is 2.34. The molecule has 3 heterocycles. The average molecular weight is 420 g/mol. The summed E-state index contributed by atoms with van der Waals surface area (Å²) in [5, 5.41) is 19.7. The van der Waals surface area contributed by atoms with Crippen LogP contribution in [0, 0.1) is 0 Å². The first-order chi connectivity index (χ1) is 14.6. The van der Waals surface area contributed by atoms with Crippen LogP contribution >= 0.6 is 11.6 Å². The first-order valence-corrected chi connectivity index (χ1v) is 9.40. The Morgan fingerprint density at radius 3 is 2.57 bits per heavy atom. The Bertz CT molecular complexity index is 1380. The summed E-state index contributed by atoms with van der Waals surface area (Å²) in [6.07, 6.45) is 2.93. The van der Waals surface area contributed by atoms with Gasteiger partial charge in [-0.3, -0.25) is 0 Å². The standard InChI is InChI=1S/C21H14ClN5O3/c22-14-6-8-15(9-7-14)26-17-16(10-24-26)20-23-12-25-27(20)18(21(28)29)19(17)30-11-13-4-2-1-3-5-13/h1-10,12H,11H2,(H,28,29). The van der Waals surface area contributed by atoms with Crippen LogP contribution < -0.4 is 4.74 Å². The zero-order chi connectivity index (χ0) is 20.7. The highest BCUT2D eigenvalue weighted by Gasteiger charge is 2.26. The number of aromatic carboxylic acids is 1. The molecule has 0 aliphatic heterocycles. The minimum Gasteiger partial charge on any atom is -0.484 e. The molecule has 5 rings (SSSR count). The number of fused-ring (bicyclic) bond motifs is 3. The number of hydrogen-bond donors (Lipinski definition) is 1. The number of carbonyl (C=O) groups is 1. The van der Waals surface area contributed by atoms with Crippen molar-refractivity contribution in [3.8, 4) is 11.4 Å². The molecule has 0 saturated heterocycles. The molecule has 9 heteroatoms. The maximum absolute atomic E-state index is 12.2. The van der Waals surface area contributed by atoms with E-state index in [1.807, 2.05) is 30.3 Å². The molecular weight excluding hydrogens is 406 g/mol. The van der Waals surface area contributed by atoms with Gasteiger partial charge in [-0.05, 0) is 29.8 Å². The summed E-state index contributed by atoms with van der Waals surface area (Å²) in [5.41, 5.74) is 2.36. The van der Waals surface area contributed by atoms with Crippen molar-refractivity contribution in [1.29, 1.82) is 0 Å². The fourth-order valence-electron chi connectivity index (χ4n) is 3.36. The average Bonchev–Trinajstić information content (AvgIpc) is 3.40. The van der Waals surface area contributed by atoms with E-state index in [0.29, 0.717) is 27.3 Å². The van der Waals surface area contributed by atoms with Gasteiger partial charge >= 0.3 is 5.97 Å². The van der Waals surface area contributed by atoms with Crippen LogP contribution in [0.1, 0.15) is 16.1 Å². The number of rotatable bonds is 5. The quantitative estimate of drug-likeness (QED) is 0.462. The number of ether oxygens (including phenoxy) is 1. The van der Waals surface area contributed by atoms with E-state index in [1.54, 1.807) is 35.1 Å². The minimum absolute atomic E-state index is 0.123. The topological polar surface area (TPSA) is 94.5 Å². The van der Waals surface area contributed by atoms with Crippen molar-refractivity contribution >= 4 is 34.1 Å². The number of carboxylic acids is 1. The van der Waals surface area contributed by atoms with Gasteiger partial charge in [0, 0.05) is 5.02 Å². The van der Waals surface area contributed by atoms with Crippen LogP contribution in [0.5, 0.6) is 5.75 Å². The molecule has 0 fully saturated rings. The number of benzene rings is 2. The molecule has 0 unspecified atom stereocenters. The molecule has 0 radical (unpaired) electrons. The smallest absolute Gasteiger partial charge is 0.358 e. The molecule has 148 valence electrons. The predicted octanol–water partition coefficient (Wildman–Crippen LogP) is 4.00. The third-order valence-corrected chi connectivity index (χ3v) is 4.95. The molecule has 0 bridgehead atoms. The molecule has 1 N–H and O–H groups in total. The lowest BCUT2D eigenvalue weighted by Gasteiger charge is -2.14. The summed E-state index contributed by atoms with van der Waals surface area (Å²) in [4.78, 5) is 16.4. The van der Waals surface area contributed by atoms with Gasteiger partial charge in [-0.15, -0.1) is 0 Å². The van der Waals surface area contributed by atoms with Gasteiger partial charge < -0.3 is 9.84 Å². The van der Waals surface area contributed by atoms with Gasteiger partial charge in [-0.25, -0.2) is 19.0 Å². The lowest BCUT2D eigenvalue weighted by molar-refractivity contribution is 0.0682. The van der Waals surface area contributed by atoms with Gasteiger partial charge in [0.2, 0.25) is 0 Å². The molecule has 3 aromatic heterocycles. The van der Waals surface area contributed by atoms with Crippen LogP contribution in [0.4, 0.5) is 0 Å². The largest absolute Gasteiger partial charge is 0.484 e. The Morgan fingerprint density at radius 1 is 1.07 bits per heavy atom. The highest BCUT2D eigenvalue weighted by atomic mass is 35.5. The lowest BCUT2D eigenvalue weighted by Crippen LogP contribution is -2.12. The normalized spacial score (nSPS) is 11.2. The molecule has 0 spiro atoms. The van der Waals surface area contributed by atoms with Crippen LogP contribution in [0.2, 0.25) is 5.02 Å². The highest BCUT2D eigenvalue weighted by molar-refractivity contribution is 6.30. The van der Waals surface area contributed by atoms with Gasteiger partial charge in [-0.2, -0.15) is 10.2 Å². The second-order valence-corrected chi connectivity index (χ2v) is 6.98. The molecule has 30 heavy (non-hydrogen) atoms. The van der Waals surface area contributed by atoms with Crippen molar-refractivity contribution < 1.29 is 14.6 Å². The number of pyridine rings is 1. The number of halogens is 1. The SMILES string of the molecule is O=C(O)c1c(OCc2ccccc2)c2c(cnn2-c2ccc(Cl)cc2)c2ncnn12. The summed E-state index contributed by atoms with van der Waals surface area (Å²) in [7, 11) is 0. The third-order valence-electron chi connectivity index (χ3n) is 4.70. The van der Waals surface area contributed by atoms with E-state index in [4.69, 9.17) is 16.3 Å². The molecule has 8 nitrogen and oxygen atoms in total. The third kappa shape index (κ3) is 2.94. The fourth-order valence-corrected chi connectivity index (χ4v) is 3.49. The Labute approximate surface area is 174 Å². The van der Waals surface area contributed by atoms with Crippen molar-refractivity contribution in [2.45, 2.75) is 6.61 Å². The van der Waals surface area contributed by atoms with Crippen LogP contribution in [-0.4, -0.2) is 35.5 Å². The predicted molar refractivity (Wildman–Crippen MR) is 110 cm³/mol. The molecule has 0 saturated carbocycles. The number of hydrogen-bond acceptors (Lipinski definition) is 5. The van der Waals surface area contributed by atoms with Crippen molar-refractivity contribution in [2.24, 2.45) is 0 Å². The zero-order valence-corrected chi connectivity index (χ0v) is 16.2. The van der Waals surface area contributed by atoms with Crippen molar-refractivity contribution in [3.05, 3.63) is 83.4 Å². The van der Waals surface area contributed by atoms with E-state index in [-0.39, 0.29) is 18.1 Å². The number of carboxylic acid groups (broad SMARTS) is 1. The van der Waals surface area contributed by atoms with Crippen LogP contribution in [0.3, 0.4) is 0 Å². The lowest BCUT2D eigenvalue weighted by atomic mass is 10.2. The van der Waals surface area contributed by atoms with Crippen LogP contribution in [0.25, 0.3) is 22.2 Å². The molecule has 0 amide bonds. The van der Waals surface area contributed by atoms with Gasteiger partial charge in [0.15, 0.2) is 17.1 Å². The van der Waals surface area contributed by atoms with E-state index in [2.05, 4.69) is 15.2 Å². The van der Waals surface area contributed by atoms with Gasteiger partial charge in [-0.1, -0.05) is 41.9 Å². The van der Waals surface area contributed by atoms with E-state index in [9.17, 15) is 9.90 Å². The molecule has 0 aliphatic carbocycles. The van der Waals surface area contributed by atoms with Crippen molar-refractivity contribution in [3.63, 3.8) is 0 Å². The first-order valence-electron chi connectivity index (χ1n) is 9.03. The Hall–Kier alpha value is -3.91. The van der Waals surface area contributed by atoms with Gasteiger partial charge in [0.05, 0.1) is 17.3 Å². The summed E-state index contributed by atoms with van der Waals surface area (Å²) in [6, 6.07) is 16.6. The van der Waals surface area contributed by atoms with Gasteiger partial charge in [0.25, 0.3) is 0 Å². The maximum Gasteiger partial charge on any atom is 0.358 e. The van der Waals surface area contributed by atoms with E-state index >= 15 is 0 Å². The van der Waals surface area contributed by atoms with E-state index < -0.39 is 5.97 Å². The van der Waals surface area contributed by atoms with Crippen LogP contribution in [-0.2, 0) is 6.61 Å². The molecule has 5 aromatic rings.